The molecule has 1 saturated heterocycles. The summed E-state index contributed by atoms with van der Waals surface area (Å²) in [6.07, 6.45) is 0.695. The predicted octanol–water partition coefficient (Wildman–Crippen LogP) is 2.20. The van der Waals surface area contributed by atoms with Crippen LogP contribution in [0.25, 0.3) is 0 Å². The first-order chi connectivity index (χ1) is 12.6. The van der Waals surface area contributed by atoms with Crippen LogP contribution in [0.4, 0.5) is 10.5 Å². The molecule has 3 rings (SSSR count). The van der Waals surface area contributed by atoms with Gasteiger partial charge in [0.2, 0.25) is 5.91 Å². The fraction of sp³-hybridized carbons (Fsp3) is 0.250. The van der Waals surface area contributed by atoms with Gasteiger partial charge in [0.15, 0.2) is 0 Å². The van der Waals surface area contributed by atoms with Crippen LogP contribution >= 0.6 is 0 Å². The number of urea groups is 1. The first kappa shape index (κ1) is 17.7. The lowest BCUT2D eigenvalue weighted by atomic mass is 10.1. The molecular weight excluding hydrogens is 330 g/mol. The van der Waals surface area contributed by atoms with Gasteiger partial charge >= 0.3 is 6.03 Å². The molecule has 1 aliphatic rings. The minimum Gasteiger partial charge on any atom is -0.354 e. The normalized spacial score (nSPS) is 16.9. The van der Waals surface area contributed by atoms with E-state index < -0.39 is 12.1 Å². The van der Waals surface area contributed by atoms with Gasteiger partial charge in [0.25, 0.3) is 5.91 Å². The van der Waals surface area contributed by atoms with Crippen molar-refractivity contribution in [3.63, 3.8) is 0 Å². The Labute approximate surface area is 152 Å². The lowest BCUT2D eigenvalue weighted by Gasteiger charge is -2.19. The molecule has 0 spiro atoms. The van der Waals surface area contributed by atoms with Gasteiger partial charge in [0.1, 0.15) is 12.6 Å². The molecule has 2 aromatic carbocycles. The van der Waals surface area contributed by atoms with Gasteiger partial charge in [-0.3, -0.25) is 19.4 Å². The summed E-state index contributed by atoms with van der Waals surface area (Å²) in [5, 5.41) is 2.77. The van der Waals surface area contributed by atoms with Crippen molar-refractivity contribution in [2.45, 2.75) is 19.4 Å². The van der Waals surface area contributed by atoms with Gasteiger partial charge < -0.3 is 5.32 Å². The second-order valence-electron chi connectivity index (χ2n) is 6.17. The molecule has 26 heavy (non-hydrogen) atoms. The molecule has 6 nitrogen and oxygen atoms in total. The summed E-state index contributed by atoms with van der Waals surface area (Å²) >= 11 is 0. The van der Waals surface area contributed by atoms with Gasteiger partial charge in [-0.25, -0.2) is 4.79 Å². The van der Waals surface area contributed by atoms with Crippen LogP contribution in [0.2, 0.25) is 0 Å². The van der Waals surface area contributed by atoms with Crippen molar-refractivity contribution in [2.75, 3.05) is 18.0 Å². The van der Waals surface area contributed by atoms with Crippen molar-refractivity contribution >= 4 is 23.5 Å². The summed E-state index contributed by atoms with van der Waals surface area (Å²) in [6.45, 7) is 1.86. The summed E-state index contributed by atoms with van der Waals surface area (Å²) in [5.41, 5.74) is 1.76. The van der Waals surface area contributed by atoms with Crippen LogP contribution < -0.4 is 10.2 Å². The number of hydrogen-bond acceptors (Lipinski definition) is 3. The number of benzene rings is 2. The molecule has 6 heteroatoms. The smallest absolute Gasteiger partial charge is 0.332 e. The number of imide groups is 1. The van der Waals surface area contributed by atoms with Gasteiger partial charge in [-0.1, -0.05) is 48.5 Å². The molecule has 2 aromatic rings. The Morgan fingerprint density at radius 1 is 1.00 bits per heavy atom. The highest BCUT2D eigenvalue weighted by Gasteiger charge is 2.43. The third-order valence-corrected chi connectivity index (χ3v) is 4.36. The molecule has 0 saturated carbocycles. The summed E-state index contributed by atoms with van der Waals surface area (Å²) in [5.74, 6) is -0.707. The number of carbonyl (C=O) groups excluding carboxylic acids is 3. The van der Waals surface area contributed by atoms with Gasteiger partial charge in [-0.15, -0.1) is 0 Å². The number of nitrogens with one attached hydrogen (secondary N) is 1. The van der Waals surface area contributed by atoms with Crippen molar-refractivity contribution in [3.05, 3.63) is 66.2 Å². The van der Waals surface area contributed by atoms with Crippen LogP contribution in [-0.4, -0.2) is 41.9 Å². The average Bonchev–Trinajstić information content (AvgIpc) is 2.87. The van der Waals surface area contributed by atoms with Crippen LogP contribution in [0, 0.1) is 0 Å². The molecule has 1 heterocycles. The van der Waals surface area contributed by atoms with Crippen LogP contribution in [-0.2, 0) is 16.0 Å². The first-order valence-electron chi connectivity index (χ1n) is 8.58. The maximum atomic E-state index is 12.6. The Morgan fingerprint density at radius 2 is 1.62 bits per heavy atom. The fourth-order valence-electron chi connectivity index (χ4n) is 2.98. The number of carbonyl (C=O) groups is 3. The first-order valence-corrected chi connectivity index (χ1v) is 8.58. The Kier molecular flexibility index (Phi) is 5.31. The largest absolute Gasteiger partial charge is 0.354 e. The Hall–Kier alpha value is -3.15. The highest BCUT2D eigenvalue weighted by atomic mass is 16.2. The summed E-state index contributed by atoms with van der Waals surface area (Å²) in [6, 6.07) is 17.7. The molecule has 1 aliphatic heterocycles. The third-order valence-electron chi connectivity index (χ3n) is 4.36. The SMILES string of the molecule is C[C@H]1C(=O)N(CC(=O)NCCc2ccccc2)C(=O)N1c1ccccc1. The second-order valence-corrected chi connectivity index (χ2v) is 6.17. The van der Waals surface area contributed by atoms with E-state index in [2.05, 4.69) is 5.32 Å². The van der Waals surface area contributed by atoms with Crippen LogP contribution in [0.1, 0.15) is 12.5 Å². The Morgan fingerprint density at radius 3 is 2.27 bits per heavy atom. The van der Waals surface area contributed by atoms with Gasteiger partial charge in [-0.2, -0.15) is 0 Å². The summed E-state index contributed by atoms with van der Waals surface area (Å²) in [4.78, 5) is 39.6. The molecule has 0 radical (unpaired) electrons. The van der Waals surface area contributed by atoms with E-state index in [9.17, 15) is 14.4 Å². The second kappa shape index (κ2) is 7.82. The maximum Gasteiger partial charge on any atom is 0.332 e. The molecule has 1 fully saturated rings. The van der Waals surface area contributed by atoms with E-state index in [0.29, 0.717) is 18.7 Å². The average molecular weight is 351 g/mol. The zero-order valence-electron chi connectivity index (χ0n) is 14.6. The van der Waals surface area contributed by atoms with Crippen molar-refractivity contribution in [2.24, 2.45) is 0 Å². The lowest BCUT2D eigenvalue weighted by molar-refractivity contribution is -0.131. The van der Waals surface area contributed by atoms with E-state index in [1.165, 1.54) is 4.90 Å². The highest BCUT2D eigenvalue weighted by molar-refractivity contribution is 6.15. The van der Waals surface area contributed by atoms with E-state index in [1.807, 2.05) is 36.4 Å². The van der Waals surface area contributed by atoms with Crippen molar-refractivity contribution in [1.29, 1.82) is 0 Å². The van der Waals surface area contributed by atoms with Crippen LogP contribution in [0.3, 0.4) is 0 Å². The fourth-order valence-corrected chi connectivity index (χ4v) is 2.98. The number of amides is 4. The maximum absolute atomic E-state index is 12.6. The molecule has 0 aromatic heterocycles. The molecule has 0 unspecified atom stereocenters. The monoisotopic (exact) mass is 351 g/mol. The number of anilines is 1. The van der Waals surface area contributed by atoms with Crippen molar-refractivity contribution < 1.29 is 14.4 Å². The lowest BCUT2D eigenvalue weighted by Crippen LogP contribution is -2.42. The predicted molar refractivity (Wildman–Crippen MR) is 98.6 cm³/mol. The molecule has 0 bridgehead atoms. The molecular formula is C20H21N3O3. The van der Waals surface area contributed by atoms with E-state index in [-0.39, 0.29) is 18.4 Å². The summed E-state index contributed by atoms with van der Waals surface area (Å²) in [7, 11) is 0. The van der Waals surface area contributed by atoms with Crippen molar-refractivity contribution in [3.8, 4) is 0 Å². The van der Waals surface area contributed by atoms with Gasteiger partial charge in [-0.05, 0) is 31.0 Å². The topological polar surface area (TPSA) is 69.7 Å². The Bertz CT molecular complexity index is 792. The number of para-hydroxylation sites is 1. The van der Waals surface area contributed by atoms with E-state index in [0.717, 1.165) is 10.5 Å². The van der Waals surface area contributed by atoms with Crippen LogP contribution in [0.5, 0.6) is 0 Å². The summed E-state index contributed by atoms with van der Waals surface area (Å²) < 4.78 is 0. The van der Waals surface area contributed by atoms with E-state index >= 15 is 0 Å². The molecule has 0 aliphatic carbocycles. The zero-order chi connectivity index (χ0) is 18.5. The van der Waals surface area contributed by atoms with E-state index in [1.54, 1.807) is 31.2 Å². The van der Waals surface area contributed by atoms with E-state index in [4.69, 9.17) is 0 Å². The van der Waals surface area contributed by atoms with Gasteiger partial charge in [0, 0.05) is 12.2 Å². The van der Waals surface area contributed by atoms with Crippen LogP contribution in [0.15, 0.2) is 60.7 Å². The molecule has 134 valence electrons. The third kappa shape index (κ3) is 3.74. The van der Waals surface area contributed by atoms with Gasteiger partial charge in [0.05, 0.1) is 0 Å². The zero-order valence-corrected chi connectivity index (χ0v) is 14.6. The Balaban J connectivity index is 1.58. The number of hydrogen-bond donors (Lipinski definition) is 1. The molecule has 4 amide bonds. The standard InChI is InChI=1S/C20H21N3O3/c1-15-19(25)22(20(26)23(15)17-10-6-3-7-11-17)14-18(24)21-13-12-16-8-4-2-5-9-16/h2-11,15H,12-14H2,1H3,(H,21,24)/t15-/m0/s1. The number of rotatable bonds is 6. The minimum absolute atomic E-state index is 0.264. The quantitative estimate of drug-likeness (QED) is 0.811. The van der Waals surface area contributed by atoms with Crippen molar-refractivity contribution in [1.82, 2.24) is 10.2 Å². The molecule has 1 N–H and O–H groups in total. The minimum atomic E-state index is -0.623. The molecule has 1 atom stereocenters. The highest BCUT2D eigenvalue weighted by Crippen LogP contribution is 2.25. The number of nitrogens with zero attached hydrogens (tertiary/aromatic N) is 2.